The predicted molar refractivity (Wildman–Crippen MR) is 58.3 cm³/mol. The van der Waals surface area contributed by atoms with Crippen LogP contribution in [-0.2, 0) is 6.61 Å². The average molecular weight is 296 g/mol. The highest BCUT2D eigenvalue weighted by Gasteiger charge is 2.05. The van der Waals surface area contributed by atoms with Crippen molar-refractivity contribution in [2.24, 2.45) is 0 Å². The summed E-state index contributed by atoms with van der Waals surface area (Å²) in [5.41, 5.74) is 1.06. The third kappa shape index (κ3) is 1.32. The smallest absolute Gasteiger partial charge is 0.0879 e. The van der Waals surface area contributed by atoms with E-state index >= 15 is 0 Å². The van der Waals surface area contributed by atoms with Gasteiger partial charge in [0.1, 0.15) is 0 Å². The highest BCUT2D eigenvalue weighted by atomic mass is 127. The van der Waals surface area contributed by atoms with Crippen molar-refractivity contribution in [2.45, 2.75) is 6.61 Å². The van der Waals surface area contributed by atoms with Crippen molar-refractivity contribution in [3.63, 3.8) is 0 Å². The lowest BCUT2D eigenvalue weighted by Gasteiger charge is -1.85. The van der Waals surface area contributed by atoms with E-state index in [2.05, 4.69) is 28.7 Å². The maximum atomic E-state index is 8.94. The van der Waals surface area contributed by atoms with Gasteiger partial charge < -0.3 is 5.11 Å². The summed E-state index contributed by atoms with van der Waals surface area (Å²) < 4.78 is 2.61. The van der Waals surface area contributed by atoms with Crippen molar-refractivity contribution >= 4 is 54.7 Å². The monoisotopic (exact) mass is 296 g/mol. The zero-order valence-electron chi connectivity index (χ0n) is 5.50. The number of halogens is 1. The summed E-state index contributed by atoms with van der Waals surface area (Å²) in [6.07, 6.45) is 0. The van der Waals surface area contributed by atoms with Gasteiger partial charge >= 0.3 is 0 Å². The first-order valence-corrected chi connectivity index (χ1v) is 5.85. The molecule has 0 aliphatic heterocycles. The van der Waals surface area contributed by atoms with E-state index < -0.39 is 0 Å². The van der Waals surface area contributed by atoms with Crippen LogP contribution >= 0.6 is 45.3 Å². The van der Waals surface area contributed by atoms with E-state index in [9.17, 15) is 0 Å². The van der Waals surface area contributed by atoms with E-state index in [-0.39, 0.29) is 6.61 Å². The van der Waals surface area contributed by atoms with Crippen LogP contribution in [0, 0.1) is 2.88 Å². The Hall–Kier alpha value is 0.350. The number of aliphatic hydroxyl groups excluding tert-OH is 1. The van der Waals surface area contributed by atoms with Gasteiger partial charge in [-0.25, -0.2) is 0 Å². The van der Waals surface area contributed by atoms with Crippen molar-refractivity contribution in [1.82, 2.24) is 0 Å². The summed E-state index contributed by atoms with van der Waals surface area (Å²) in [6, 6.07) is 2.13. The largest absolute Gasteiger partial charge is 0.392 e. The zero-order chi connectivity index (χ0) is 7.84. The number of rotatable bonds is 1. The molecule has 2 aromatic rings. The maximum absolute atomic E-state index is 8.94. The molecule has 58 valence electrons. The fourth-order valence-corrected chi connectivity index (χ4v) is 4.42. The van der Waals surface area contributed by atoms with Crippen molar-refractivity contribution in [1.29, 1.82) is 0 Å². The third-order valence-corrected chi connectivity index (χ3v) is 4.56. The molecule has 0 spiro atoms. The molecule has 0 aliphatic carbocycles. The lowest BCUT2D eigenvalue weighted by Crippen LogP contribution is -1.75. The summed E-state index contributed by atoms with van der Waals surface area (Å²) in [7, 11) is 0. The molecule has 2 aromatic heterocycles. The van der Waals surface area contributed by atoms with Gasteiger partial charge in [0.05, 0.1) is 13.5 Å². The van der Waals surface area contributed by atoms with Crippen molar-refractivity contribution in [3.8, 4) is 0 Å². The van der Waals surface area contributed by atoms with Crippen LogP contribution in [0.5, 0.6) is 0 Å². The summed E-state index contributed by atoms with van der Waals surface area (Å²) in [4.78, 5) is 0. The minimum atomic E-state index is 0.160. The van der Waals surface area contributed by atoms with Gasteiger partial charge in [-0.15, -0.1) is 22.7 Å². The normalized spacial score (nSPS) is 11.1. The van der Waals surface area contributed by atoms with Crippen LogP contribution in [0.3, 0.4) is 0 Å². The summed E-state index contributed by atoms with van der Waals surface area (Å²) in [6.45, 7) is 0.160. The Labute approximate surface area is 85.8 Å². The Morgan fingerprint density at radius 1 is 1.55 bits per heavy atom. The Balaban J connectivity index is 2.73. The zero-order valence-corrected chi connectivity index (χ0v) is 9.29. The van der Waals surface area contributed by atoms with E-state index in [0.29, 0.717) is 0 Å². The second-order valence-electron chi connectivity index (χ2n) is 2.17. The van der Waals surface area contributed by atoms with Gasteiger partial charge in [0.2, 0.25) is 0 Å². The van der Waals surface area contributed by atoms with Crippen molar-refractivity contribution < 1.29 is 5.11 Å². The molecule has 2 heterocycles. The number of aliphatic hydroxyl groups is 1. The molecule has 0 radical (unpaired) electrons. The summed E-state index contributed by atoms with van der Waals surface area (Å²) in [5.74, 6) is 0. The minimum absolute atomic E-state index is 0.160. The molecular formula is C7H5IOS2. The van der Waals surface area contributed by atoms with Gasteiger partial charge in [-0.3, -0.25) is 0 Å². The molecule has 0 saturated carbocycles. The van der Waals surface area contributed by atoms with Crippen LogP contribution in [0.25, 0.3) is 9.40 Å². The van der Waals surface area contributed by atoms with Crippen LogP contribution in [0.1, 0.15) is 5.56 Å². The fraction of sp³-hybridized carbons (Fsp3) is 0.143. The molecule has 1 N–H and O–H groups in total. The molecule has 0 fully saturated rings. The van der Waals surface area contributed by atoms with E-state index in [0.717, 1.165) is 5.56 Å². The molecular weight excluding hydrogens is 291 g/mol. The van der Waals surface area contributed by atoms with Crippen LogP contribution in [0.4, 0.5) is 0 Å². The molecule has 1 nitrogen and oxygen atoms in total. The number of hydrogen-bond acceptors (Lipinski definition) is 3. The summed E-state index contributed by atoms with van der Waals surface area (Å²) in [5, 5.41) is 12.2. The second kappa shape index (κ2) is 3.01. The first-order valence-electron chi connectivity index (χ1n) is 3.07. The lowest BCUT2D eigenvalue weighted by atomic mass is 10.3. The predicted octanol–water partition coefficient (Wildman–Crippen LogP) is 3.06. The van der Waals surface area contributed by atoms with Gasteiger partial charge in [0.15, 0.2) is 0 Å². The van der Waals surface area contributed by atoms with Crippen LogP contribution in [-0.4, -0.2) is 5.11 Å². The van der Waals surface area contributed by atoms with Gasteiger partial charge in [-0.1, -0.05) is 0 Å². The van der Waals surface area contributed by atoms with Gasteiger partial charge in [-0.05, 0) is 39.6 Å². The van der Waals surface area contributed by atoms with Gasteiger partial charge in [-0.2, -0.15) is 0 Å². The molecule has 0 aromatic carbocycles. The Morgan fingerprint density at radius 3 is 3.09 bits per heavy atom. The van der Waals surface area contributed by atoms with Crippen molar-refractivity contribution in [3.05, 3.63) is 19.9 Å². The number of thiophene rings is 2. The molecule has 0 saturated heterocycles. The summed E-state index contributed by atoms with van der Waals surface area (Å²) >= 11 is 5.80. The topological polar surface area (TPSA) is 20.2 Å². The minimum Gasteiger partial charge on any atom is -0.392 e. The fourth-order valence-electron chi connectivity index (χ4n) is 0.967. The molecule has 0 atom stereocenters. The van der Waals surface area contributed by atoms with E-state index in [1.54, 1.807) is 22.7 Å². The Bertz CT molecular complexity index is 377. The van der Waals surface area contributed by atoms with Crippen molar-refractivity contribution in [2.75, 3.05) is 0 Å². The molecule has 0 aliphatic rings. The molecule has 0 amide bonds. The van der Waals surface area contributed by atoms with Crippen LogP contribution < -0.4 is 0 Å². The molecule has 0 bridgehead atoms. The quantitative estimate of drug-likeness (QED) is 0.802. The van der Waals surface area contributed by atoms with Gasteiger partial charge in [0.25, 0.3) is 0 Å². The molecule has 0 unspecified atom stereocenters. The molecule has 11 heavy (non-hydrogen) atoms. The third-order valence-electron chi connectivity index (χ3n) is 1.49. The number of fused-ring (bicyclic) bond motifs is 1. The number of hydrogen-bond donors (Lipinski definition) is 1. The average Bonchev–Trinajstić information content (AvgIpc) is 2.45. The van der Waals surface area contributed by atoms with Gasteiger partial charge in [0, 0.05) is 5.39 Å². The molecule has 2 rings (SSSR count). The lowest BCUT2D eigenvalue weighted by molar-refractivity contribution is 0.284. The van der Waals surface area contributed by atoms with E-state index in [1.807, 2.05) is 5.38 Å². The Kier molecular flexibility index (Phi) is 2.18. The van der Waals surface area contributed by atoms with E-state index in [4.69, 9.17) is 5.11 Å². The Morgan fingerprint density at radius 2 is 2.36 bits per heavy atom. The van der Waals surface area contributed by atoms with Crippen LogP contribution in [0.15, 0.2) is 11.4 Å². The first-order chi connectivity index (χ1) is 5.31. The standard InChI is InChI=1S/C7H5IOS2/c8-6-1-5-4(2-9)3-10-7(5)11-6/h1,3,9H,2H2. The maximum Gasteiger partial charge on any atom is 0.0879 e. The molecule has 4 heteroatoms. The van der Waals surface area contributed by atoms with E-state index in [1.165, 1.54) is 12.3 Å². The first kappa shape index (κ1) is 7.97. The SMILES string of the molecule is OCc1csc2sc(I)cc12. The highest BCUT2D eigenvalue weighted by molar-refractivity contribution is 14.1. The second-order valence-corrected chi connectivity index (χ2v) is 6.26. The van der Waals surface area contributed by atoms with Crippen LogP contribution in [0.2, 0.25) is 0 Å². The highest BCUT2D eigenvalue weighted by Crippen LogP contribution is 2.34.